The Hall–Kier alpha value is -3.07. The van der Waals surface area contributed by atoms with E-state index in [1.807, 2.05) is 13.0 Å². The fraction of sp³-hybridized carbons (Fsp3) is 0.296. The lowest BCUT2D eigenvalue weighted by Gasteiger charge is -2.29. The summed E-state index contributed by atoms with van der Waals surface area (Å²) in [6.45, 7) is 5.01. The van der Waals surface area contributed by atoms with E-state index in [0.717, 1.165) is 64.7 Å². The van der Waals surface area contributed by atoms with E-state index >= 15 is 4.39 Å². The average Bonchev–Trinajstić information content (AvgIpc) is 3.55. The minimum atomic E-state index is -0.346. The molecule has 1 aliphatic heterocycles. The minimum Gasteiger partial charge on any atom is -0.378 e. The monoisotopic (exact) mass is 519 g/mol. The van der Waals surface area contributed by atoms with Gasteiger partial charge >= 0.3 is 0 Å². The highest BCUT2D eigenvalue weighted by Crippen LogP contribution is 2.45. The van der Waals surface area contributed by atoms with Gasteiger partial charge in [-0.05, 0) is 50.1 Å². The van der Waals surface area contributed by atoms with Crippen LogP contribution < -0.4 is 4.90 Å². The normalized spacial score (nSPS) is 16.4. The first-order valence-corrected chi connectivity index (χ1v) is 13.4. The van der Waals surface area contributed by atoms with Crippen molar-refractivity contribution in [1.29, 1.82) is 0 Å². The van der Waals surface area contributed by atoms with Crippen LogP contribution in [0.1, 0.15) is 30.3 Å². The van der Waals surface area contributed by atoms with Crippen LogP contribution in [-0.4, -0.2) is 45.8 Å². The predicted octanol–water partition coefficient (Wildman–Crippen LogP) is 6.51. The van der Waals surface area contributed by atoms with Crippen molar-refractivity contribution in [1.82, 2.24) is 19.5 Å². The molecule has 0 amide bonds. The van der Waals surface area contributed by atoms with E-state index in [9.17, 15) is 0 Å². The van der Waals surface area contributed by atoms with Crippen LogP contribution in [0.2, 0.25) is 5.02 Å². The zero-order valence-electron chi connectivity index (χ0n) is 19.7. The molecule has 182 valence electrons. The number of ether oxygens (including phenoxy) is 1. The van der Waals surface area contributed by atoms with Gasteiger partial charge in [-0.1, -0.05) is 11.6 Å². The molecule has 2 fully saturated rings. The SMILES string of the molecule is Cc1csc(-c2cc(N3CCOCC3)cc3c2nc(C2CC2)n3-c2ccnc3c(Cl)ccc(F)c23)n1. The molecule has 3 aromatic heterocycles. The number of morpholine rings is 1. The second-order valence-electron chi connectivity index (χ2n) is 9.42. The van der Waals surface area contributed by atoms with E-state index < -0.39 is 0 Å². The van der Waals surface area contributed by atoms with E-state index in [2.05, 4.69) is 32.0 Å². The Morgan fingerprint density at radius 1 is 1.08 bits per heavy atom. The van der Waals surface area contributed by atoms with Crippen molar-refractivity contribution in [2.75, 3.05) is 31.2 Å². The maximum Gasteiger partial charge on any atom is 0.134 e. The van der Waals surface area contributed by atoms with Crippen molar-refractivity contribution in [3.8, 4) is 16.3 Å². The molecule has 7 rings (SSSR count). The molecule has 2 aromatic carbocycles. The second-order valence-corrected chi connectivity index (χ2v) is 10.7. The molecular weight excluding hydrogens is 497 g/mol. The van der Waals surface area contributed by atoms with Gasteiger partial charge in [-0.2, -0.15) is 0 Å². The number of anilines is 1. The third kappa shape index (κ3) is 3.58. The largest absolute Gasteiger partial charge is 0.378 e. The van der Waals surface area contributed by atoms with Crippen molar-refractivity contribution in [3.63, 3.8) is 0 Å². The zero-order chi connectivity index (χ0) is 24.4. The molecule has 0 spiro atoms. The van der Waals surface area contributed by atoms with Crippen molar-refractivity contribution in [2.24, 2.45) is 0 Å². The molecule has 0 unspecified atom stereocenters. The highest BCUT2D eigenvalue weighted by molar-refractivity contribution is 7.13. The molecule has 1 saturated carbocycles. The zero-order valence-corrected chi connectivity index (χ0v) is 21.2. The molecule has 0 atom stereocenters. The number of pyridine rings is 1. The maximum absolute atomic E-state index is 15.3. The van der Waals surface area contributed by atoms with Gasteiger partial charge in [0, 0.05) is 47.5 Å². The van der Waals surface area contributed by atoms with Crippen molar-refractivity contribution in [2.45, 2.75) is 25.7 Å². The summed E-state index contributed by atoms with van der Waals surface area (Å²) in [6.07, 6.45) is 3.83. The summed E-state index contributed by atoms with van der Waals surface area (Å²) >= 11 is 8.07. The second kappa shape index (κ2) is 8.50. The quantitative estimate of drug-likeness (QED) is 0.271. The van der Waals surface area contributed by atoms with Gasteiger partial charge in [0.15, 0.2) is 0 Å². The van der Waals surface area contributed by atoms with Crippen LogP contribution in [0.3, 0.4) is 0 Å². The van der Waals surface area contributed by atoms with Crippen molar-refractivity contribution >= 4 is 50.6 Å². The Labute approximate surface area is 216 Å². The van der Waals surface area contributed by atoms with Crippen LogP contribution in [-0.2, 0) is 4.74 Å². The number of halogens is 2. The Morgan fingerprint density at radius 3 is 2.67 bits per heavy atom. The smallest absolute Gasteiger partial charge is 0.134 e. The summed E-state index contributed by atoms with van der Waals surface area (Å²) in [7, 11) is 0. The number of hydrogen-bond acceptors (Lipinski definition) is 6. The number of thiazole rings is 1. The van der Waals surface area contributed by atoms with Gasteiger partial charge in [-0.15, -0.1) is 11.3 Å². The molecule has 2 aliphatic rings. The first-order valence-electron chi connectivity index (χ1n) is 12.1. The number of aromatic nitrogens is 4. The summed E-state index contributed by atoms with van der Waals surface area (Å²) in [5.41, 5.74) is 6.08. The molecule has 5 aromatic rings. The third-order valence-electron chi connectivity index (χ3n) is 6.95. The van der Waals surface area contributed by atoms with E-state index in [-0.39, 0.29) is 5.82 Å². The van der Waals surface area contributed by atoms with Crippen LogP contribution in [0.25, 0.3) is 38.2 Å². The van der Waals surface area contributed by atoms with Crippen LogP contribution >= 0.6 is 22.9 Å². The molecule has 0 N–H and O–H groups in total. The lowest BCUT2D eigenvalue weighted by molar-refractivity contribution is 0.122. The molecule has 0 radical (unpaired) electrons. The number of fused-ring (bicyclic) bond motifs is 2. The van der Waals surface area contributed by atoms with Crippen molar-refractivity contribution in [3.05, 3.63) is 64.3 Å². The fourth-order valence-corrected chi connectivity index (χ4v) is 6.08. The summed E-state index contributed by atoms with van der Waals surface area (Å²) in [4.78, 5) is 16.7. The molecule has 6 nitrogen and oxygen atoms in total. The molecule has 36 heavy (non-hydrogen) atoms. The number of nitrogens with zero attached hydrogens (tertiary/aromatic N) is 5. The average molecular weight is 520 g/mol. The van der Waals surface area contributed by atoms with E-state index in [4.69, 9.17) is 26.3 Å². The number of rotatable bonds is 4. The molecule has 4 heterocycles. The van der Waals surface area contributed by atoms with Gasteiger partial charge in [-0.3, -0.25) is 9.55 Å². The summed E-state index contributed by atoms with van der Waals surface area (Å²) in [5.74, 6) is 0.937. The van der Waals surface area contributed by atoms with Gasteiger partial charge in [0.2, 0.25) is 0 Å². The van der Waals surface area contributed by atoms with Crippen LogP contribution in [0.5, 0.6) is 0 Å². The first kappa shape index (κ1) is 22.2. The Balaban J connectivity index is 1.57. The van der Waals surface area contributed by atoms with Crippen LogP contribution in [0.4, 0.5) is 10.1 Å². The molecule has 0 bridgehead atoms. The first-order chi connectivity index (χ1) is 17.6. The fourth-order valence-electron chi connectivity index (χ4n) is 5.06. The molecule has 9 heteroatoms. The van der Waals surface area contributed by atoms with Crippen LogP contribution in [0, 0.1) is 12.7 Å². The van der Waals surface area contributed by atoms with Gasteiger partial charge in [0.05, 0.1) is 45.9 Å². The Bertz CT molecular complexity index is 1640. The lowest BCUT2D eigenvalue weighted by atomic mass is 10.1. The van der Waals surface area contributed by atoms with E-state index in [1.165, 1.54) is 6.07 Å². The van der Waals surface area contributed by atoms with E-state index in [0.29, 0.717) is 40.7 Å². The Kier molecular flexibility index (Phi) is 5.23. The predicted molar refractivity (Wildman–Crippen MR) is 142 cm³/mol. The summed E-state index contributed by atoms with van der Waals surface area (Å²) in [5, 5.41) is 3.84. The lowest BCUT2D eigenvalue weighted by Crippen LogP contribution is -2.36. The number of imidazole rings is 1. The minimum absolute atomic E-state index is 0.334. The molecular formula is C27H23ClFN5OS. The number of benzene rings is 2. The number of aryl methyl sites for hydroxylation is 1. The van der Waals surface area contributed by atoms with Gasteiger partial charge in [-0.25, -0.2) is 14.4 Å². The Morgan fingerprint density at radius 2 is 1.92 bits per heavy atom. The van der Waals surface area contributed by atoms with Crippen LogP contribution in [0.15, 0.2) is 41.9 Å². The van der Waals surface area contributed by atoms with Gasteiger partial charge in [0.1, 0.15) is 16.6 Å². The third-order valence-corrected chi connectivity index (χ3v) is 8.25. The van der Waals surface area contributed by atoms with E-state index in [1.54, 1.807) is 23.6 Å². The summed E-state index contributed by atoms with van der Waals surface area (Å²) < 4.78 is 23.1. The topological polar surface area (TPSA) is 56.1 Å². The van der Waals surface area contributed by atoms with Gasteiger partial charge < -0.3 is 9.64 Å². The van der Waals surface area contributed by atoms with Gasteiger partial charge in [0.25, 0.3) is 0 Å². The maximum atomic E-state index is 15.3. The molecule has 1 saturated heterocycles. The highest BCUT2D eigenvalue weighted by Gasteiger charge is 2.32. The standard InChI is InChI=1S/C27H23ClFN5OS/c1-15-14-36-27(31-15)18-12-17(33-8-10-35-11-9-33)13-22-24(18)32-26(16-2-3-16)34(22)21-6-7-30-25-19(28)4-5-20(29)23(21)25/h4-7,12-14,16H,2-3,8-11H2,1H3. The highest BCUT2D eigenvalue weighted by atomic mass is 35.5. The number of hydrogen-bond donors (Lipinski definition) is 0. The molecule has 1 aliphatic carbocycles. The summed E-state index contributed by atoms with van der Waals surface area (Å²) in [6, 6.07) is 9.21. The van der Waals surface area contributed by atoms with Crippen molar-refractivity contribution < 1.29 is 9.13 Å².